The van der Waals surface area contributed by atoms with E-state index in [0.29, 0.717) is 0 Å². The second kappa shape index (κ2) is 18.6. The van der Waals surface area contributed by atoms with Gasteiger partial charge >= 0.3 is 23.9 Å². The van der Waals surface area contributed by atoms with E-state index >= 15 is 0 Å². The summed E-state index contributed by atoms with van der Waals surface area (Å²) in [6.45, 7) is 10.2. The van der Waals surface area contributed by atoms with Crippen molar-refractivity contribution in [1.29, 1.82) is 0 Å². The molecule has 13 heteroatoms. The van der Waals surface area contributed by atoms with Gasteiger partial charge < -0.3 is 20.4 Å². The van der Waals surface area contributed by atoms with Gasteiger partial charge in [0.15, 0.2) is 0 Å². The van der Waals surface area contributed by atoms with Gasteiger partial charge in [-0.15, -0.1) is 0 Å². The van der Waals surface area contributed by atoms with Crippen molar-refractivity contribution < 1.29 is 44.4 Å². The van der Waals surface area contributed by atoms with Crippen molar-refractivity contribution in [3.8, 4) is 0 Å². The van der Waals surface area contributed by atoms with Crippen molar-refractivity contribution in [2.45, 2.75) is 59.5 Å². The summed E-state index contributed by atoms with van der Waals surface area (Å²) in [5, 5.41) is 38.1. The lowest BCUT2D eigenvalue weighted by molar-refractivity contribution is -0.146. The average Bonchev–Trinajstić information content (AvgIpc) is 2.83. The van der Waals surface area contributed by atoms with Crippen LogP contribution in [0.5, 0.6) is 0 Å². The molecule has 1 aliphatic rings. The number of hydrogen-bond acceptors (Lipinski definition) is 9. The molecular weight excluding hydrogens is 500 g/mol. The van der Waals surface area contributed by atoms with Gasteiger partial charge in [-0.1, -0.05) is 27.7 Å². The number of nitrogens with zero attached hydrogens (tertiary/aromatic N) is 4. The molecule has 13 nitrogen and oxygen atoms in total. The number of carboxylic acid groups (broad SMARTS) is 4. The van der Waals surface area contributed by atoms with E-state index in [9.17, 15) is 44.4 Å². The van der Waals surface area contributed by atoms with E-state index in [1.165, 1.54) is 6.92 Å². The molecular formula is C25H46N4O9. The summed E-state index contributed by atoms with van der Waals surface area (Å²) in [5.41, 5.74) is 0. The molecule has 0 amide bonds. The third-order valence-corrected chi connectivity index (χ3v) is 6.47. The Morgan fingerprint density at radius 2 is 1.03 bits per heavy atom. The van der Waals surface area contributed by atoms with E-state index in [1.807, 2.05) is 13.8 Å². The Balaban J connectivity index is 0.00000667. The Labute approximate surface area is 225 Å². The van der Waals surface area contributed by atoms with Gasteiger partial charge in [0.05, 0.1) is 13.1 Å². The van der Waals surface area contributed by atoms with Crippen LogP contribution in [0.1, 0.15) is 47.5 Å². The minimum atomic E-state index is -1.10. The Kier molecular flexibility index (Phi) is 17.3. The van der Waals surface area contributed by atoms with Gasteiger partial charge in [-0.2, -0.15) is 0 Å². The quantitative estimate of drug-likeness (QED) is 0.263. The zero-order chi connectivity index (χ0) is 29.4. The normalized spacial score (nSPS) is 18.8. The van der Waals surface area contributed by atoms with Crippen LogP contribution >= 0.6 is 0 Å². The van der Waals surface area contributed by atoms with E-state index in [0.717, 1.165) is 0 Å². The van der Waals surface area contributed by atoms with Gasteiger partial charge in [-0.05, 0) is 13.3 Å². The monoisotopic (exact) mass is 546 g/mol. The van der Waals surface area contributed by atoms with Crippen LogP contribution in [-0.4, -0.2) is 147 Å². The molecule has 0 radical (unpaired) electrons. The number of rotatable bonds is 12. The summed E-state index contributed by atoms with van der Waals surface area (Å²) >= 11 is 0. The fourth-order valence-corrected chi connectivity index (χ4v) is 4.11. The molecule has 2 unspecified atom stereocenters. The third kappa shape index (κ3) is 13.8. The number of ketones is 1. The van der Waals surface area contributed by atoms with Crippen LogP contribution in [0.4, 0.5) is 0 Å². The zero-order valence-corrected chi connectivity index (χ0v) is 23.3. The summed E-state index contributed by atoms with van der Waals surface area (Å²) in [6.07, 6.45) is 0.176. The first-order chi connectivity index (χ1) is 17.8. The lowest BCUT2D eigenvalue weighted by Crippen LogP contribution is -2.53. The average molecular weight is 547 g/mol. The summed E-state index contributed by atoms with van der Waals surface area (Å²) in [5.74, 6) is -4.54. The molecule has 0 aliphatic carbocycles. The van der Waals surface area contributed by atoms with E-state index < -0.39 is 36.0 Å². The molecule has 38 heavy (non-hydrogen) atoms. The number of hydrogen-bond donors (Lipinski definition) is 4. The molecule has 1 saturated heterocycles. The molecule has 0 aromatic heterocycles. The van der Waals surface area contributed by atoms with E-state index in [2.05, 4.69) is 0 Å². The lowest BCUT2D eigenvalue weighted by atomic mass is 10.0. The van der Waals surface area contributed by atoms with Crippen molar-refractivity contribution in [1.82, 2.24) is 19.6 Å². The number of aliphatic carboxylic acids is 4. The number of carbonyl (C=O) groups is 5. The molecule has 1 rings (SSSR count). The fourth-order valence-electron chi connectivity index (χ4n) is 4.11. The van der Waals surface area contributed by atoms with Gasteiger partial charge in [0, 0.05) is 64.7 Å². The summed E-state index contributed by atoms with van der Waals surface area (Å²) in [7, 11) is 0. The molecule has 0 aromatic rings. The lowest BCUT2D eigenvalue weighted by Gasteiger charge is -2.36. The predicted molar refractivity (Wildman–Crippen MR) is 140 cm³/mol. The van der Waals surface area contributed by atoms with Gasteiger partial charge in [-0.3, -0.25) is 43.6 Å². The summed E-state index contributed by atoms with van der Waals surface area (Å²) < 4.78 is 0. The molecule has 1 aliphatic heterocycles. The molecule has 1 fully saturated rings. The van der Waals surface area contributed by atoms with Gasteiger partial charge in [0.2, 0.25) is 0 Å². The molecule has 0 spiro atoms. The maximum Gasteiger partial charge on any atom is 0.320 e. The van der Waals surface area contributed by atoms with E-state index in [4.69, 9.17) is 0 Å². The topological polar surface area (TPSA) is 179 Å². The van der Waals surface area contributed by atoms with Crippen LogP contribution in [0.15, 0.2) is 0 Å². The number of carboxylic acids is 4. The second-order valence-corrected chi connectivity index (χ2v) is 9.44. The van der Waals surface area contributed by atoms with Crippen molar-refractivity contribution >= 4 is 29.7 Å². The van der Waals surface area contributed by atoms with Crippen LogP contribution in [-0.2, 0) is 24.0 Å². The highest BCUT2D eigenvalue weighted by molar-refractivity contribution is 5.81. The summed E-state index contributed by atoms with van der Waals surface area (Å²) in [4.78, 5) is 65.3. The molecule has 220 valence electrons. The predicted octanol–water partition coefficient (Wildman–Crippen LogP) is 0.335. The maximum absolute atomic E-state index is 12.2. The standard InChI is InChI=1S/C23H40N4O9.C2H6/c1-16(2)19(28)5-4-18(23(35)36)27-11-9-25(15-21(31)32)7-6-24(14-20(29)30)8-10-26(12-13-27)17(3)22(33)34;1-2/h16-18H,4-15H2,1-3H3,(H,29,30)(H,31,32)(H,33,34)(H,35,36);1-2H3. The number of Topliss-reactive ketones (excluding diaryl/α,β-unsaturated/α-hetero) is 1. The SMILES string of the molecule is CC.CC(C)C(=O)CCC(C(=O)O)N1CCN(CC(=O)O)CCN(CC(=O)O)CCN(C(C)C(=O)O)CC1. The van der Waals surface area contributed by atoms with Crippen LogP contribution in [0.3, 0.4) is 0 Å². The van der Waals surface area contributed by atoms with E-state index in [-0.39, 0.29) is 90.0 Å². The first-order valence-corrected chi connectivity index (χ1v) is 13.2. The zero-order valence-electron chi connectivity index (χ0n) is 23.3. The second-order valence-electron chi connectivity index (χ2n) is 9.44. The van der Waals surface area contributed by atoms with Crippen LogP contribution in [0.25, 0.3) is 0 Å². The third-order valence-electron chi connectivity index (χ3n) is 6.47. The Hall–Kier alpha value is -2.61. The Bertz CT molecular complexity index is 778. The highest BCUT2D eigenvalue weighted by atomic mass is 16.4. The largest absolute Gasteiger partial charge is 0.480 e. The molecule has 0 aromatic carbocycles. The van der Waals surface area contributed by atoms with Gasteiger partial charge in [0.1, 0.15) is 17.9 Å². The first kappa shape index (κ1) is 35.4. The minimum absolute atomic E-state index is 0.0530. The first-order valence-electron chi connectivity index (χ1n) is 13.2. The van der Waals surface area contributed by atoms with E-state index in [1.54, 1.807) is 33.4 Å². The van der Waals surface area contributed by atoms with Gasteiger partial charge in [0.25, 0.3) is 0 Å². The summed E-state index contributed by atoms with van der Waals surface area (Å²) in [6, 6.07) is -1.87. The van der Waals surface area contributed by atoms with Gasteiger partial charge in [-0.25, -0.2) is 0 Å². The Morgan fingerprint density at radius 3 is 1.42 bits per heavy atom. The van der Waals surface area contributed by atoms with Crippen LogP contribution in [0, 0.1) is 5.92 Å². The fraction of sp³-hybridized carbons (Fsp3) is 0.800. The molecule has 2 atom stereocenters. The molecule has 4 N–H and O–H groups in total. The minimum Gasteiger partial charge on any atom is -0.480 e. The Morgan fingerprint density at radius 1 is 0.632 bits per heavy atom. The molecule has 1 heterocycles. The van der Waals surface area contributed by atoms with Crippen molar-refractivity contribution in [2.75, 3.05) is 65.4 Å². The van der Waals surface area contributed by atoms with Crippen molar-refractivity contribution in [3.05, 3.63) is 0 Å². The smallest absolute Gasteiger partial charge is 0.320 e. The van der Waals surface area contributed by atoms with Crippen LogP contribution < -0.4 is 0 Å². The van der Waals surface area contributed by atoms with Crippen molar-refractivity contribution in [2.24, 2.45) is 5.92 Å². The highest BCUT2D eigenvalue weighted by Crippen LogP contribution is 2.13. The van der Waals surface area contributed by atoms with Crippen LogP contribution in [0.2, 0.25) is 0 Å². The maximum atomic E-state index is 12.2. The molecule has 0 bridgehead atoms. The molecule has 0 saturated carbocycles. The highest BCUT2D eigenvalue weighted by Gasteiger charge is 2.30. The number of carbonyl (C=O) groups excluding carboxylic acids is 1. The van der Waals surface area contributed by atoms with Crippen molar-refractivity contribution in [3.63, 3.8) is 0 Å².